The molecule has 0 saturated carbocycles. The van der Waals surface area contributed by atoms with E-state index in [2.05, 4.69) is 162 Å². The molecular weight excluding hydrogens is 1070 g/mol. The Balaban J connectivity index is 0.000000414. The molecule has 11 unspecified atom stereocenters. The molecule has 4 bridgehead atoms. The van der Waals surface area contributed by atoms with E-state index in [1.807, 2.05) is 19.6 Å². The number of hydrogen-bond acceptors (Lipinski definition) is 28. The van der Waals surface area contributed by atoms with Gasteiger partial charge in [0.15, 0.2) is 0 Å². The van der Waals surface area contributed by atoms with Gasteiger partial charge in [-0.15, -0.1) is 0 Å². The van der Waals surface area contributed by atoms with Crippen molar-refractivity contribution in [3.8, 4) is 0 Å². The second kappa shape index (κ2) is 17.5. The number of rotatable bonds is 1. The van der Waals surface area contributed by atoms with Crippen molar-refractivity contribution in [2.45, 2.75) is 127 Å². The van der Waals surface area contributed by atoms with Crippen LogP contribution in [0.1, 0.15) is 22.3 Å². The first-order valence-corrected chi connectivity index (χ1v) is 60.6. The topological polar surface area (TPSA) is 464 Å². The van der Waals surface area contributed by atoms with E-state index < -0.39 is 137 Å². The Morgan fingerprint density at radius 2 is 0.603 bits per heavy atom. The van der Waals surface area contributed by atoms with Crippen LogP contribution in [0.25, 0.3) is 0 Å². The van der Waals surface area contributed by atoms with Crippen molar-refractivity contribution in [2.24, 2.45) is 59.4 Å². The summed E-state index contributed by atoms with van der Waals surface area (Å²) in [6, 6.07) is 0. The van der Waals surface area contributed by atoms with Crippen LogP contribution >= 0.6 is 0 Å². The van der Waals surface area contributed by atoms with Gasteiger partial charge in [-0.3, -0.25) is 11.7 Å². The summed E-state index contributed by atoms with van der Waals surface area (Å²) in [6.07, 6.45) is 0. The molecule has 0 aliphatic carbocycles. The normalized spacial score (nSPS) is 55.7. The summed E-state index contributed by atoms with van der Waals surface area (Å²) in [5.74, 6) is 0. The van der Waals surface area contributed by atoms with Crippen molar-refractivity contribution < 1.29 is 0 Å². The third-order valence-electron chi connectivity index (χ3n) is 11.2. The Morgan fingerprint density at radius 1 is 0.317 bits per heavy atom. The lowest BCUT2D eigenvalue weighted by molar-refractivity contribution is 0.583. The van der Waals surface area contributed by atoms with Gasteiger partial charge in [-0.2, -0.15) is 0 Å². The van der Waals surface area contributed by atoms with Crippen LogP contribution in [-0.2, 0) is 0 Å². The molecule has 0 radical (unpaired) electrons. The van der Waals surface area contributed by atoms with Crippen LogP contribution in [0.2, 0.25) is 105 Å². The first-order valence-electron chi connectivity index (χ1n) is 20.2. The molecule has 6 rings (SSSR count). The highest BCUT2D eigenvalue weighted by Crippen LogP contribution is 2.38. The van der Waals surface area contributed by atoms with Gasteiger partial charge in [0.05, 0.1) is 0 Å². The monoisotopic (exact) mass is 1160 g/mol. The van der Waals surface area contributed by atoms with Gasteiger partial charge in [-0.25, -0.2) is 0 Å². The van der Waals surface area contributed by atoms with Crippen molar-refractivity contribution in [1.82, 2.24) is 76.8 Å². The molecule has 6 heterocycles. The Bertz CT molecular complexity index is 1570. The van der Waals surface area contributed by atoms with Gasteiger partial charge in [-0.05, 0) is 105 Å². The van der Waals surface area contributed by atoms with E-state index in [4.69, 9.17) is 59.4 Å². The van der Waals surface area contributed by atoms with Crippen molar-refractivity contribution in [3.63, 3.8) is 0 Å². The van der Waals surface area contributed by atoms with Crippen LogP contribution in [-0.4, -0.2) is 149 Å². The van der Waals surface area contributed by atoms with Gasteiger partial charge >= 0.3 is 0 Å². The summed E-state index contributed by atoms with van der Waals surface area (Å²) in [7, 11) is -41.3. The lowest BCUT2D eigenvalue weighted by Crippen LogP contribution is -3.15. The average Bonchev–Trinajstić information content (AvgIpc) is 2.74. The van der Waals surface area contributed by atoms with Crippen LogP contribution < -0.4 is 124 Å². The zero-order valence-corrected chi connectivity index (χ0v) is 54.7. The number of hydrogen-bond donors (Lipinski definition) is 25. The summed E-state index contributed by atoms with van der Waals surface area (Å²) in [5.41, 5.74) is 0. The first kappa shape index (κ1) is 61.5. The maximum Gasteiger partial charge on any atom is 0.266 e. The Morgan fingerprint density at radius 3 is 0.905 bits per heavy atom. The minimum atomic E-state index is -2.91. The minimum Gasteiger partial charge on any atom is -0.328 e. The fourth-order valence-electron chi connectivity index (χ4n) is 12.5. The fourth-order valence-corrected chi connectivity index (χ4v) is 133. The predicted octanol–water partition coefficient (Wildman–Crippen LogP) is -9.23. The molecule has 44 heteroatoms. The summed E-state index contributed by atoms with van der Waals surface area (Å²) in [5, 5.41) is 75.2. The zero-order valence-electron chi connectivity index (χ0n) is 38.7. The lowest BCUT2D eigenvalue weighted by atomic mass is 11.9. The number of nitrogens with two attached hydrogens (primary N) is 11. The quantitative estimate of drug-likeness (QED) is 0.108. The van der Waals surface area contributed by atoms with E-state index >= 15 is 0 Å². The van der Waals surface area contributed by atoms with Crippen molar-refractivity contribution in [1.29, 1.82) is 0 Å². The molecule has 6 fully saturated rings. The van der Waals surface area contributed by atoms with Crippen molar-refractivity contribution in [2.75, 3.05) is 0 Å². The van der Waals surface area contributed by atoms with E-state index in [0.29, 0.717) is 0 Å². The largest absolute Gasteiger partial charge is 0.328 e. The van der Waals surface area contributed by atoms with Gasteiger partial charge in [0.1, 0.15) is 0 Å². The van der Waals surface area contributed by atoms with E-state index in [1.54, 1.807) is 0 Å². The van der Waals surface area contributed by atoms with Gasteiger partial charge in [0.2, 0.25) is 0 Å². The molecular formula is C19H96N28Si16. The van der Waals surface area contributed by atoms with E-state index in [0.717, 1.165) is 0 Å². The SMILES string of the molecule is C.C.C.C[Si]1(N)N[Si](C)(N)N2[Si](C)(N1)N[Si]1(C)N[Si](C)(N)N([Si](C)(N)N)[Si](C)(N)N1[Si]2(C)N.C[Si]1(N)N[Si](C)(N)N[Si]2(C)N[Si](C)(N1)N[Si]1(C)N[Si](C)(N)N[Si](C)(N)N[Si](C)(N1)N2. The minimum absolute atomic E-state index is 0. The third-order valence-corrected chi connectivity index (χ3v) is 101. The maximum atomic E-state index is 7.36. The second-order valence-corrected chi connectivity index (χ2v) is 79.9. The zero-order chi connectivity index (χ0) is 46.6. The Hall–Kier alpha value is 2.35. The molecule has 6 saturated heterocycles. The number of nitrogens with one attached hydrogen (secondary N) is 14. The van der Waals surface area contributed by atoms with Crippen LogP contribution in [0, 0.1) is 0 Å². The summed E-state index contributed by atoms with van der Waals surface area (Å²) in [6.45, 7) is 33.9. The molecule has 0 aromatic rings. The first-order chi connectivity index (χ1) is 26.0. The molecule has 376 valence electrons. The highest BCUT2D eigenvalue weighted by molar-refractivity contribution is 7.23. The molecule has 36 N–H and O–H groups in total. The molecule has 6 aliphatic rings. The molecule has 63 heavy (non-hydrogen) atoms. The lowest BCUT2D eigenvalue weighted by Gasteiger charge is -2.75. The van der Waals surface area contributed by atoms with Gasteiger partial charge in [0, 0.05) is 0 Å². The van der Waals surface area contributed by atoms with Crippen molar-refractivity contribution >= 4 is 137 Å². The summed E-state index contributed by atoms with van der Waals surface area (Å²) >= 11 is 0. The Kier molecular flexibility index (Phi) is 17.1. The second-order valence-electron chi connectivity index (χ2n) is 21.1. The van der Waals surface area contributed by atoms with E-state index in [-0.39, 0.29) is 22.3 Å². The third kappa shape index (κ3) is 12.7. The summed E-state index contributed by atoms with van der Waals surface area (Å²) < 4.78 is 60.4. The molecule has 0 amide bonds. The van der Waals surface area contributed by atoms with Crippen LogP contribution in [0.4, 0.5) is 0 Å². The van der Waals surface area contributed by atoms with Gasteiger partial charge in [0.25, 0.3) is 137 Å². The highest BCUT2D eigenvalue weighted by atomic mass is 28.6. The molecule has 11 atom stereocenters. The Labute approximate surface area is 397 Å². The molecule has 0 aromatic heterocycles. The number of nitrogens with zero attached hydrogens (tertiary/aromatic N) is 3. The smallest absolute Gasteiger partial charge is 0.266 e. The maximum absolute atomic E-state index is 7.36. The molecule has 0 aromatic carbocycles. The van der Waals surface area contributed by atoms with Gasteiger partial charge < -0.3 is 124 Å². The van der Waals surface area contributed by atoms with Crippen molar-refractivity contribution in [3.05, 3.63) is 0 Å². The van der Waals surface area contributed by atoms with Crippen LogP contribution in [0.15, 0.2) is 0 Å². The molecule has 28 nitrogen and oxygen atoms in total. The fraction of sp³-hybridized carbons (Fsp3) is 1.00. The molecule has 6 aliphatic heterocycles. The standard InChI is InChI=1S/2C8H42N14Si8.3CH4/c1-23(9)13-24(2,10)16-28(6)19-27(5,15-23)21-29(7)17-25(3,11)14-26(4,12)18-30(8,20-29)22-28;1-23(9,10)20-26(4,13)18-30(8)19-29(7)17-24(2,11)16-25(3,12)21(29)28(6,15)22(30)27(20,5)14;;;/h13-22H,9-12H2,1-8H3;16-19H,9-15H2,1-8H3;3*1H4. The van der Waals surface area contributed by atoms with Crippen LogP contribution in [0.3, 0.4) is 0 Å². The highest BCUT2D eigenvalue weighted by Gasteiger charge is 2.77. The van der Waals surface area contributed by atoms with Gasteiger partial charge in [-0.1, -0.05) is 22.3 Å². The average molecular weight is 1170 g/mol. The van der Waals surface area contributed by atoms with E-state index in [1.165, 1.54) is 0 Å². The number of fused-ring (bicyclic) bond motifs is 6. The predicted molar refractivity (Wildman–Crippen MR) is 302 cm³/mol. The van der Waals surface area contributed by atoms with Crippen LogP contribution in [0.5, 0.6) is 0 Å². The summed E-state index contributed by atoms with van der Waals surface area (Å²) in [4.78, 5) is 0. The molecule has 0 spiro atoms. The van der Waals surface area contributed by atoms with E-state index in [9.17, 15) is 0 Å².